The van der Waals surface area contributed by atoms with Crippen LogP contribution in [0.3, 0.4) is 0 Å². The molecule has 0 saturated carbocycles. The average molecular weight is 430 g/mol. The van der Waals surface area contributed by atoms with Gasteiger partial charge < -0.3 is 24.8 Å². The van der Waals surface area contributed by atoms with Gasteiger partial charge in [0.15, 0.2) is 5.76 Å². The lowest BCUT2D eigenvalue weighted by atomic mass is 9.97. The highest BCUT2D eigenvalue weighted by atomic mass is 32.1. The Labute approximate surface area is 177 Å². The van der Waals surface area contributed by atoms with E-state index in [1.54, 1.807) is 25.3 Å². The number of phenols is 2. The topological polar surface area (TPSA) is 122 Å². The van der Waals surface area contributed by atoms with Gasteiger partial charge in [-0.15, -0.1) is 11.3 Å². The molecule has 0 aliphatic carbocycles. The predicted octanol–water partition coefficient (Wildman–Crippen LogP) is 4.68. The summed E-state index contributed by atoms with van der Waals surface area (Å²) in [6, 6.07) is 4.53. The first-order chi connectivity index (χ1) is 14.2. The van der Waals surface area contributed by atoms with E-state index in [1.165, 1.54) is 23.5 Å². The van der Waals surface area contributed by atoms with Gasteiger partial charge in [-0.25, -0.2) is 4.79 Å². The standard InChI is InChI=1S/C21H22N2O6S/c1-5-28-21(27)17-16(22-20(26)19-11(4)6-7-30-19)18(29-23-17)13-8-12(10(2)3)14(24)9-15(13)25/h6-10,24-25H,5H2,1-4H3,(H,22,26). The van der Waals surface area contributed by atoms with E-state index in [1.807, 2.05) is 13.8 Å². The van der Waals surface area contributed by atoms with Gasteiger partial charge in [-0.05, 0) is 48.4 Å². The summed E-state index contributed by atoms with van der Waals surface area (Å²) in [5.74, 6) is -1.64. The lowest BCUT2D eigenvalue weighted by Gasteiger charge is -2.12. The fourth-order valence-electron chi connectivity index (χ4n) is 2.94. The van der Waals surface area contributed by atoms with Gasteiger partial charge in [-0.3, -0.25) is 4.79 Å². The SMILES string of the molecule is CCOC(=O)c1noc(-c2cc(C(C)C)c(O)cc2O)c1NC(=O)c1sccc1C. The maximum absolute atomic E-state index is 12.8. The monoisotopic (exact) mass is 430 g/mol. The summed E-state index contributed by atoms with van der Waals surface area (Å²) in [5, 5.41) is 28.8. The number of carbonyl (C=O) groups is 2. The molecular weight excluding hydrogens is 408 g/mol. The van der Waals surface area contributed by atoms with Crippen molar-refractivity contribution >= 4 is 28.9 Å². The summed E-state index contributed by atoms with van der Waals surface area (Å²) >= 11 is 1.26. The number of hydrogen-bond acceptors (Lipinski definition) is 8. The molecule has 1 aromatic carbocycles. The molecule has 0 aliphatic rings. The highest BCUT2D eigenvalue weighted by molar-refractivity contribution is 7.12. The van der Waals surface area contributed by atoms with Crippen LogP contribution < -0.4 is 5.32 Å². The first-order valence-corrected chi connectivity index (χ1v) is 10.2. The average Bonchev–Trinajstić information content (AvgIpc) is 3.28. The first-order valence-electron chi connectivity index (χ1n) is 9.33. The molecular formula is C21H22N2O6S. The number of aromatic nitrogens is 1. The van der Waals surface area contributed by atoms with E-state index in [9.17, 15) is 19.8 Å². The third kappa shape index (κ3) is 4.02. The molecule has 0 bridgehead atoms. The van der Waals surface area contributed by atoms with E-state index >= 15 is 0 Å². The number of anilines is 1. The van der Waals surface area contributed by atoms with Crippen LogP contribution in [-0.2, 0) is 4.74 Å². The number of nitrogens with zero attached hydrogens (tertiary/aromatic N) is 1. The Morgan fingerprint density at radius 3 is 2.60 bits per heavy atom. The van der Waals surface area contributed by atoms with E-state index in [4.69, 9.17) is 9.26 Å². The Morgan fingerprint density at radius 1 is 1.27 bits per heavy atom. The molecule has 0 fully saturated rings. The third-order valence-electron chi connectivity index (χ3n) is 4.48. The molecule has 0 saturated heterocycles. The maximum atomic E-state index is 12.8. The summed E-state index contributed by atoms with van der Waals surface area (Å²) in [4.78, 5) is 25.6. The summed E-state index contributed by atoms with van der Waals surface area (Å²) in [6.07, 6.45) is 0. The molecule has 8 nitrogen and oxygen atoms in total. The van der Waals surface area contributed by atoms with Gasteiger partial charge >= 0.3 is 5.97 Å². The predicted molar refractivity (Wildman–Crippen MR) is 112 cm³/mol. The van der Waals surface area contributed by atoms with E-state index in [-0.39, 0.29) is 46.7 Å². The summed E-state index contributed by atoms with van der Waals surface area (Å²) in [7, 11) is 0. The van der Waals surface area contributed by atoms with Gasteiger partial charge in [0.25, 0.3) is 5.91 Å². The maximum Gasteiger partial charge on any atom is 0.362 e. The van der Waals surface area contributed by atoms with Crippen molar-refractivity contribution in [2.24, 2.45) is 0 Å². The zero-order valence-electron chi connectivity index (χ0n) is 17.0. The Kier molecular flexibility index (Phi) is 6.12. The molecule has 158 valence electrons. The zero-order valence-corrected chi connectivity index (χ0v) is 17.8. The third-order valence-corrected chi connectivity index (χ3v) is 5.49. The van der Waals surface area contributed by atoms with Gasteiger partial charge in [-0.2, -0.15) is 0 Å². The lowest BCUT2D eigenvalue weighted by molar-refractivity contribution is 0.0516. The number of nitrogens with one attached hydrogen (secondary N) is 1. The van der Waals surface area contributed by atoms with Crippen LogP contribution in [0, 0.1) is 6.92 Å². The number of carbonyl (C=O) groups excluding carboxylic acids is 2. The Balaban J connectivity index is 2.14. The van der Waals surface area contributed by atoms with Crippen molar-refractivity contribution < 1.29 is 29.1 Å². The van der Waals surface area contributed by atoms with Crippen molar-refractivity contribution in [2.75, 3.05) is 11.9 Å². The van der Waals surface area contributed by atoms with E-state index in [0.29, 0.717) is 10.4 Å². The van der Waals surface area contributed by atoms with Crippen molar-refractivity contribution in [2.45, 2.75) is 33.6 Å². The molecule has 0 aliphatic heterocycles. The number of aromatic hydroxyl groups is 2. The second-order valence-corrected chi connectivity index (χ2v) is 7.84. The number of hydrogen-bond donors (Lipinski definition) is 3. The highest BCUT2D eigenvalue weighted by Gasteiger charge is 2.29. The minimum atomic E-state index is -0.770. The quantitative estimate of drug-likeness (QED) is 0.486. The molecule has 3 rings (SSSR count). The van der Waals surface area contributed by atoms with Crippen molar-refractivity contribution in [3.8, 4) is 22.8 Å². The van der Waals surface area contributed by atoms with E-state index < -0.39 is 11.9 Å². The molecule has 0 atom stereocenters. The molecule has 9 heteroatoms. The normalized spacial score (nSPS) is 11.0. The van der Waals surface area contributed by atoms with Crippen LogP contribution in [0.5, 0.6) is 11.5 Å². The fraction of sp³-hybridized carbons (Fsp3) is 0.286. The van der Waals surface area contributed by atoms with Crippen LogP contribution in [0.15, 0.2) is 28.1 Å². The first kappa shape index (κ1) is 21.4. The molecule has 3 aromatic rings. The molecule has 2 heterocycles. The number of esters is 1. The van der Waals surface area contributed by atoms with Crippen LogP contribution in [0.25, 0.3) is 11.3 Å². The highest BCUT2D eigenvalue weighted by Crippen LogP contribution is 2.42. The second kappa shape index (κ2) is 8.58. The Hall–Kier alpha value is -3.33. The molecule has 0 unspecified atom stereocenters. The molecule has 2 aromatic heterocycles. The van der Waals surface area contributed by atoms with Crippen molar-refractivity contribution in [3.63, 3.8) is 0 Å². The number of ether oxygens (including phenoxy) is 1. The molecule has 0 spiro atoms. The number of amides is 1. The van der Waals surface area contributed by atoms with Gasteiger partial charge in [0.2, 0.25) is 5.69 Å². The van der Waals surface area contributed by atoms with Crippen molar-refractivity contribution in [1.82, 2.24) is 5.16 Å². The lowest BCUT2D eigenvalue weighted by Crippen LogP contribution is -2.15. The van der Waals surface area contributed by atoms with E-state index in [2.05, 4.69) is 10.5 Å². The van der Waals surface area contributed by atoms with Crippen LogP contribution in [-0.4, -0.2) is 33.9 Å². The number of rotatable bonds is 6. The van der Waals surface area contributed by atoms with Crippen LogP contribution >= 0.6 is 11.3 Å². The molecule has 1 amide bonds. The molecule has 30 heavy (non-hydrogen) atoms. The van der Waals surface area contributed by atoms with Gasteiger partial charge in [0, 0.05) is 6.07 Å². The Bertz CT molecular complexity index is 1100. The van der Waals surface area contributed by atoms with Gasteiger partial charge in [-0.1, -0.05) is 19.0 Å². The minimum absolute atomic E-state index is 0.0121. The second-order valence-electron chi connectivity index (χ2n) is 6.93. The fourth-order valence-corrected chi connectivity index (χ4v) is 3.76. The Morgan fingerprint density at radius 2 is 2.00 bits per heavy atom. The van der Waals surface area contributed by atoms with E-state index in [0.717, 1.165) is 5.56 Å². The molecule has 3 N–H and O–H groups in total. The van der Waals surface area contributed by atoms with Crippen LogP contribution in [0.4, 0.5) is 5.69 Å². The number of aryl methyl sites for hydroxylation is 1. The minimum Gasteiger partial charge on any atom is -0.508 e. The largest absolute Gasteiger partial charge is 0.508 e. The van der Waals surface area contributed by atoms with Crippen LogP contribution in [0.2, 0.25) is 0 Å². The summed E-state index contributed by atoms with van der Waals surface area (Å²) in [5.41, 5.74) is 1.29. The van der Waals surface area contributed by atoms with Gasteiger partial charge in [0.1, 0.15) is 17.2 Å². The zero-order chi connectivity index (χ0) is 22.0. The molecule has 0 radical (unpaired) electrons. The summed E-state index contributed by atoms with van der Waals surface area (Å²) < 4.78 is 10.4. The van der Waals surface area contributed by atoms with Crippen LogP contribution in [0.1, 0.15) is 58.0 Å². The van der Waals surface area contributed by atoms with Crippen molar-refractivity contribution in [3.05, 3.63) is 45.3 Å². The number of phenolic OH excluding ortho intramolecular Hbond substituents is 2. The number of benzene rings is 1. The summed E-state index contributed by atoms with van der Waals surface area (Å²) in [6.45, 7) is 7.31. The van der Waals surface area contributed by atoms with Gasteiger partial charge in [0.05, 0.1) is 17.0 Å². The number of thiophene rings is 1. The van der Waals surface area contributed by atoms with Crippen molar-refractivity contribution in [1.29, 1.82) is 0 Å². The smallest absolute Gasteiger partial charge is 0.362 e.